The zero-order chi connectivity index (χ0) is 24.9. The first kappa shape index (κ1) is 25.1. The average molecular weight is 469 g/mol. The highest BCUT2D eigenvalue weighted by Crippen LogP contribution is 2.44. The van der Waals surface area contributed by atoms with E-state index in [1.54, 1.807) is 27.8 Å². The Bertz CT molecular complexity index is 1000. The van der Waals surface area contributed by atoms with Crippen LogP contribution in [0, 0.1) is 0 Å². The third kappa shape index (κ3) is 6.27. The molecule has 0 bridgehead atoms. The third-order valence-corrected chi connectivity index (χ3v) is 5.62. The van der Waals surface area contributed by atoms with Gasteiger partial charge in [-0.15, -0.1) is 0 Å². The van der Waals surface area contributed by atoms with Gasteiger partial charge in [0.25, 0.3) is 0 Å². The van der Waals surface area contributed by atoms with Gasteiger partial charge in [0.2, 0.25) is 0 Å². The zero-order valence-corrected chi connectivity index (χ0v) is 20.0. The highest BCUT2D eigenvalue weighted by atomic mass is 16.6. The Kier molecular flexibility index (Phi) is 7.81. The van der Waals surface area contributed by atoms with Gasteiger partial charge in [-0.3, -0.25) is 0 Å². The lowest BCUT2D eigenvalue weighted by Gasteiger charge is -2.23. The van der Waals surface area contributed by atoms with Crippen molar-refractivity contribution in [3.05, 3.63) is 59.7 Å². The Balaban J connectivity index is 1.50. The van der Waals surface area contributed by atoms with E-state index in [2.05, 4.69) is 29.6 Å². The number of nitrogens with one attached hydrogen (secondary N) is 1. The Morgan fingerprint density at radius 2 is 1.59 bits per heavy atom. The van der Waals surface area contributed by atoms with E-state index in [4.69, 9.17) is 9.47 Å². The summed E-state index contributed by atoms with van der Waals surface area (Å²) in [5.74, 6) is -1.19. The number of hydrogen-bond donors (Lipinski definition) is 2. The second kappa shape index (κ2) is 10.6. The van der Waals surface area contributed by atoms with E-state index in [-0.39, 0.29) is 25.5 Å². The van der Waals surface area contributed by atoms with E-state index in [9.17, 15) is 19.5 Å². The van der Waals surface area contributed by atoms with Crippen LogP contribution in [0.4, 0.5) is 9.59 Å². The molecule has 2 aromatic carbocycles. The summed E-state index contributed by atoms with van der Waals surface area (Å²) in [7, 11) is 1.61. The molecule has 182 valence electrons. The number of hydrogen-bond acceptors (Lipinski definition) is 5. The number of benzene rings is 2. The average Bonchev–Trinajstić information content (AvgIpc) is 3.09. The number of carbonyl (C=O) groups is 3. The number of aliphatic carboxylic acids is 1. The first-order valence-corrected chi connectivity index (χ1v) is 11.3. The van der Waals surface area contributed by atoms with Crippen LogP contribution in [0.25, 0.3) is 11.1 Å². The topological polar surface area (TPSA) is 105 Å². The first-order valence-electron chi connectivity index (χ1n) is 11.3. The van der Waals surface area contributed by atoms with Crippen LogP contribution in [0.15, 0.2) is 48.5 Å². The van der Waals surface area contributed by atoms with E-state index in [0.29, 0.717) is 6.42 Å². The van der Waals surface area contributed by atoms with Gasteiger partial charge in [-0.1, -0.05) is 48.5 Å². The van der Waals surface area contributed by atoms with Crippen LogP contribution in [-0.4, -0.2) is 60.0 Å². The van der Waals surface area contributed by atoms with Crippen LogP contribution in [0.1, 0.15) is 50.7 Å². The normalized spacial score (nSPS) is 13.4. The number of amides is 2. The largest absolute Gasteiger partial charge is 0.480 e. The van der Waals surface area contributed by atoms with Crippen molar-refractivity contribution < 1.29 is 29.0 Å². The summed E-state index contributed by atoms with van der Waals surface area (Å²) in [5.41, 5.74) is 3.86. The van der Waals surface area contributed by atoms with Gasteiger partial charge in [-0.25, -0.2) is 14.4 Å². The summed E-state index contributed by atoms with van der Waals surface area (Å²) in [6, 6.07) is 15.1. The SMILES string of the molecule is CN(CCC[C@H](NC(=O)OC(C)(C)C)C(=O)O)C(=O)OCC1c2ccccc2-c2ccccc21. The summed E-state index contributed by atoms with van der Waals surface area (Å²) in [6.45, 7) is 5.61. The van der Waals surface area contributed by atoms with Gasteiger partial charge in [-0.05, 0) is 55.9 Å². The molecule has 0 radical (unpaired) electrons. The fourth-order valence-corrected chi connectivity index (χ4v) is 4.04. The highest BCUT2D eigenvalue weighted by Gasteiger charge is 2.29. The molecule has 8 nitrogen and oxygen atoms in total. The van der Waals surface area contributed by atoms with Crippen molar-refractivity contribution in [2.24, 2.45) is 0 Å². The number of carboxylic acid groups (broad SMARTS) is 1. The van der Waals surface area contributed by atoms with Gasteiger partial charge < -0.3 is 24.8 Å². The van der Waals surface area contributed by atoms with Gasteiger partial charge in [0.15, 0.2) is 0 Å². The maximum absolute atomic E-state index is 12.6. The molecule has 0 unspecified atom stereocenters. The van der Waals surface area contributed by atoms with E-state index < -0.39 is 29.8 Å². The standard InChI is InChI=1S/C26H32N2O6/c1-26(2,3)34-24(31)27-22(23(29)30)14-9-15-28(4)25(32)33-16-21-19-12-7-5-10-17(19)18-11-6-8-13-20(18)21/h5-8,10-13,21-22H,9,14-16H2,1-4H3,(H,27,31)(H,29,30)/t22-/m0/s1. The van der Waals surface area contributed by atoms with E-state index in [1.807, 2.05) is 24.3 Å². The maximum Gasteiger partial charge on any atom is 0.409 e. The van der Waals surface area contributed by atoms with E-state index in [1.165, 1.54) is 4.90 Å². The van der Waals surface area contributed by atoms with Crippen LogP contribution in [-0.2, 0) is 14.3 Å². The van der Waals surface area contributed by atoms with Crippen LogP contribution in [0.5, 0.6) is 0 Å². The maximum atomic E-state index is 12.6. The molecule has 8 heteroatoms. The predicted octanol–water partition coefficient (Wildman–Crippen LogP) is 4.63. The number of fused-ring (bicyclic) bond motifs is 3. The molecule has 3 rings (SSSR count). The van der Waals surface area contributed by atoms with Crippen molar-refractivity contribution >= 4 is 18.2 Å². The van der Waals surface area contributed by atoms with Crippen molar-refractivity contribution in [3.8, 4) is 11.1 Å². The molecule has 1 atom stereocenters. The molecule has 0 saturated carbocycles. The summed E-state index contributed by atoms with van der Waals surface area (Å²) < 4.78 is 10.7. The van der Waals surface area contributed by atoms with Crippen molar-refractivity contribution in [1.82, 2.24) is 10.2 Å². The third-order valence-electron chi connectivity index (χ3n) is 5.62. The van der Waals surface area contributed by atoms with E-state index >= 15 is 0 Å². The molecule has 34 heavy (non-hydrogen) atoms. The Morgan fingerprint density at radius 3 is 2.12 bits per heavy atom. The van der Waals surface area contributed by atoms with Gasteiger partial charge in [-0.2, -0.15) is 0 Å². The lowest BCUT2D eigenvalue weighted by molar-refractivity contribution is -0.139. The molecule has 1 aliphatic rings. The highest BCUT2D eigenvalue weighted by molar-refractivity contribution is 5.80. The minimum Gasteiger partial charge on any atom is -0.480 e. The van der Waals surface area contributed by atoms with Gasteiger partial charge in [0, 0.05) is 19.5 Å². The van der Waals surface area contributed by atoms with Gasteiger partial charge in [0.1, 0.15) is 18.2 Å². The van der Waals surface area contributed by atoms with Crippen molar-refractivity contribution in [3.63, 3.8) is 0 Å². The number of carbonyl (C=O) groups excluding carboxylic acids is 2. The Labute approximate surface area is 199 Å². The molecular weight excluding hydrogens is 436 g/mol. The molecule has 1 aliphatic carbocycles. The van der Waals surface area contributed by atoms with E-state index in [0.717, 1.165) is 22.3 Å². The summed E-state index contributed by atoms with van der Waals surface area (Å²) in [6.07, 6.45) is -0.748. The molecule has 2 amide bonds. The fourth-order valence-electron chi connectivity index (χ4n) is 4.04. The summed E-state index contributed by atoms with van der Waals surface area (Å²) in [5, 5.41) is 11.7. The van der Waals surface area contributed by atoms with Gasteiger partial charge in [0.05, 0.1) is 0 Å². The lowest BCUT2D eigenvalue weighted by atomic mass is 9.98. The van der Waals surface area contributed by atoms with Crippen molar-refractivity contribution in [2.45, 2.75) is 51.2 Å². The second-order valence-corrected chi connectivity index (χ2v) is 9.40. The Morgan fingerprint density at radius 1 is 1.03 bits per heavy atom. The number of alkyl carbamates (subject to hydrolysis) is 1. The fraction of sp³-hybridized carbons (Fsp3) is 0.423. The first-order chi connectivity index (χ1) is 16.1. The smallest absolute Gasteiger partial charge is 0.409 e. The Hall–Kier alpha value is -3.55. The molecule has 0 aliphatic heterocycles. The van der Waals surface area contributed by atoms with Gasteiger partial charge >= 0.3 is 18.2 Å². The minimum atomic E-state index is -1.16. The number of rotatable bonds is 8. The molecule has 0 saturated heterocycles. The molecule has 2 N–H and O–H groups in total. The minimum absolute atomic E-state index is 0.0285. The van der Waals surface area contributed by atoms with Crippen LogP contribution in [0.2, 0.25) is 0 Å². The van der Waals surface area contributed by atoms with Crippen molar-refractivity contribution in [2.75, 3.05) is 20.2 Å². The molecule has 0 fully saturated rings. The number of carboxylic acids is 1. The lowest BCUT2D eigenvalue weighted by Crippen LogP contribution is -2.43. The van der Waals surface area contributed by atoms with Crippen molar-refractivity contribution in [1.29, 1.82) is 0 Å². The monoisotopic (exact) mass is 468 g/mol. The summed E-state index contributed by atoms with van der Waals surface area (Å²) >= 11 is 0. The number of nitrogens with zero attached hydrogens (tertiary/aromatic N) is 1. The zero-order valence-electron chi connectivity index (χ0n) is 20.0. The molecule has 0 heterocycles. The molecular formula is C26H32N2O6. The van der Waals surface area contributed by atoms with Crippen LogP contribution < -0.4 is 5.32 Å². The summed E-state index contributed by atoms with van der Waals surface area (Å²) in [4.78, 5) is 37.4. The van der Waals surface area contributed by atoms with Crippen LogP contribution >= 0.6 is 0 Å². The molecule has 2 aromatic rings. The molecule has 0 aromatic heterocycles. The molecule has 0 spiro atoms. The number of ether oxygens (including phenoxy) is 2. The van der Waals surface area contributed by atoms with Crippen LogP contribution in [0.3, 0.4) is 0 Å². The quantitative estimate of drug-likeness (QED) is 0.585. The second-order valence-electron chi connectivity index (χ2n) is 9.40. The predicted molar refractivity (Wildman–Crippen MR) is 128 cm³/mol.